The summed E-state index contributed by atoms with van der Waals surface area (Å²) in [5.41, 5.74) is 5.58. The molecule has 0 radical (unpaired) electrons. The Balaban J connectivity index is 2.00. The Labute approximate surface area is 186 Å². The summed E-state index contributed by atoms with van der Waals surface area (Å²) in [7, 11) is 0. The van der Waals surface area contributed by atoms with E-state index >= 15 is 0 Å². The van der Waals surface area contributed by atoms with Crippen LogP contribution in [0.15, 0.2) is 42.5 Å². The van der Waals surface area contributed by atoms with Crippen molar-refractivity contribution in [3.8, 4) is 0 Å². The fourth-order valence-electron chi connectivity index (χ4n) is 4.32. The van der Waals surface area contributed by atoms with Crippen molar-refractivity contribution in [2.24, 2.45) is 5.92 Å². The molecule has 2 N–H and O–H groups in total. The second-order valence-electron chi connectivity index (χ2n) is 8.73. The van der Waals surface area contributed by atoms with Crippen molar-refractivity contribution in [2.75, 3.05) is 30.0 Å². The average molecular weight is 425 g/mol. The van der Waals surface area contributed by atoms with Gasteiger partial charge < -0.3 is 20.1 Å². The number of nitrogens with zero attached hydrogens (tertiary/aromatic N) is 1. The van der Waals surface area contributed by atoms with Gasteiger partial charge in [0.25, 0.3) is 0 Å². The molecular weight excluding hydrogens is 388 g/mol. The van der Waals surface area contributed by atoms with Crippen molar-refractivity contribution in [3.05, 3.63) is 53.6 Å². The van der Waals surface area contributed by atoms with E-state index in [4.69, 9.17) is 4.74 Å². The van der Waals surface area contributed by atoms with E-state index in [2.05, 4.69) is 80.4 Å². The molecule has 1 aliphatic rings. The van der Waals surface area contributed by atoms with Gasteiger partial charge in [-0.15, -0.1) is 0 Å². The third-order valence-corrected chi connectivity index (χ3v) is 6.29. The quantitative estimate of drug-likeness (QED) is 0.531. The zero-order chi connectivity index (χ0) is 22.4. The summed E-state index contributed by atoms with van der Waals surface area (Å²) in [5.74, 6) is -0.291. The predicted octanol–water partition coefficient (Wildman–Crippen LogP) is 5.82. The standard InChI is InChI=1S/C26H36N2O3/c1-5-19-7-10-22(11-8-19)27-23-15-21(20(6-2)16-26(29)30)9-12-24(23)28-13-14-31-17-25(28)18(3)4/h7-12,15,18,20,25,27H,5-6,13-14,16-17H2,1-4H3,(H,29,30)/t20?,25-/m0/s1. The zero-order valence-electron chi connectivity index (χ0n) is 19.2. The molecule has 0 spiro atoms. The number of carbonyl (C=O) groups is 1. The van der Waals surface area contributed by atoms with Gasteiger partial charge in [0.1, 0.15) is 0 Å². The molecule has 0 aromatic heterocycles. The lowest BCUT2D eigenvalue weighted by molar-refractivity contribution is -0.137. The highest BCUT2D eigenvalue weighted by atomic mass is 16.5. The van der Waals surface area contributed by atoms with Crippen LogP contribution < -0.4 is 10.2 Å². The lowest BCUT2D eigenvalue weighted by Gasteiger charge is -2.40. The molecule has 31 heavy (non-hydrogen) atoms. The van der Waals surface area contributed by atoms with Gasteiger partial charge in [-0.1, -0.05) is 45.9 Å². The number of carboxylic acid groups (broad SMARTS) is 1. The van der Waals surface area contributed by atoms with Crippen LogP contribution >= 0.6 is 0 Å². The van der Waals surface area contributed by atoms with Crippen LogP contribution in [-0.4, -0.2) is 36.9 Å². The van der Waals surface area contributed by atoms with E-state index in [9.17, 15) is 9.90 Å². The number of aliphatic carboxylic acids is 1. The first kappa shape index (κ1) is 23.1. The highest BCUT2D eigenvalue weighted by molar-refractivity contribution is 5.77. The van der Waals surface area contributed by atoms with E-state index < -0.39 is 5.97 Å². The van der Waals surface area contributed by atoms with Crippen molar-refractivity contribution in [1.82, 2.24) is 0 Å². The number of rotatable bonds is 9. The molecule has 2 aromatic rings. The largest absolute Gasteiger partial charge is 0.481 e. The molecule has 1 saturated heterocycles. The molecule has 2 atom stereocenters. The van der Waals surface area contributed by atoms with E-state index in [-0.39, 0.29) is 12.3 Å². The maximum absolute atomic E-state index is 11.4. The van der Waals surface area contributed by atoms with Gasteiger partial charge in [0.15, 0.2) is 0 Å². The second-order valence-corrected chi connectivity index (χ2v) is 8.73. The fourth-order valence-corrected chi connectivity index (χ4v) is 4.32. The lowest BCUT2D eigenvalue weighted by atomic mass is 9.92. The van der Waals surface area contributed by atoms with Crippen LogP contribution in [0.25, 0.3) is 0 Å². The normalized spacial score (nSPS) is 17.6. The van der Waals surface area contributed by atoms with Crippen molar-refractivity contribution < 1.29 is 14.6 Å². The summed E-state index contributed by atoms with van der Waals surface area (Å²) in [5, 5.41) is 13.0. The van der Waals surface area contributed by atoms with Crippen molar-refractivity contribution in [1.29, 1.82) is 0 Å². The summed E-state index contributed by atoms with van der Waals surface area (Å²) >= 11 is 0. The zero-order valence-corrected chi connectivity index (χ0v) is 19.2. The number of morpholine rings is 1. The molecule has 1 aliphatic heterocycles. The Kier molecular flexibility index (Phi) is 7.97. The minimum Gasteiger partial charge on any atom is -0.481 e. The number of aryl methyl sites for hydroxylation is 1. The van der Waals surface area contributed by atoms with Gasteiger partial charge >= 0.3 is 5.97 Å². The number of ether oxygens (including phenoxy) is 1. The predicted molar refractivity (Wildman–Crippen MR) is 128 cm³/mol. The number of carboxylic acids is 1. The van der Waals surface area contributed by atoms with Crippen LogP contribution in [0.5, 0.6) is 0 Å². The van der Waals surface area contributed by atoms with E-state index in [1.807, 2.05) is 0 Å². The topological polar surface area (TPSA) is 61.8 Å². The minimum atomic E-state index is -0.756. The molecular formula is C26H36N2O3. The molecule has 0 aliphatic carbocycles. The van der Waals surface area contributed by atoms with E-state index in [0.29, 0.717) is 18.6 Å². The molecule has 1 heterocycles. The molecule has 5 nitrogen and oxygen atoms in total. The van der Waals surface area contributed by atoms with Crippen LogP contribution in [0, 0.1) is 5.92 Å². The van der Waals surface area contributed by atoms with Gasteiger partial charge in [-0.2, -0.15) is 0 Å². The van der Waals surface area contributed by atoms with Gasteiger partial charge in [0.05, 0.1) is 37.1 Å². The van der Waals surface area contributed by atoms with Gasteiger partial charge in [0.2, 0.25) is 0 Å². The molecule has 0 saturated carbocycles. The Bertz CT molecular complexity index is 863. The number of anilines is 3. The Morgan fingerprint density at radius 2 is 1.94 bits per heavy atom. The highest BCUT2D eigenvalue weighted by Gasteiger charge is 2.28. The monoisotopic (exact) mass is 424 g/mol. The molecule has 1 unspecified atom stereocenters. The van der Waals surface area contributed by atoms with Crippen LogP contribution in [0.4, 0.5) is 17.1 Å². The third-order valence-electron chi connectivity index (χ3n) is 6.29. The third kappa shape index (κ3) is 5.79. The van der Waals surface area contributed by atoms with Crippen LogP contribution in [0.3, 0.4) is 0 Å². The average Bonchev–Trinajstić information content (AvgIpc) is 2.78. The SMILES string of the molecule is CCc1ccc(Nc2cc(C(CC)CC(=O)O)ccc2N2CCOC[C@H]2C(C)C)cc1. The molecule has 3 rings (SSSR count). The molecule has 2 aromatic carbocycles. The van der Waals surface area contributed by atoms with Crippen LogP contribution in [0.2, 0.25) is 0 Å². The smallest absolute Gasteiger partial charge is 0.303 e. The first-order valence-electron chi connectivity index (χ1n) is 11.5. The van der Waals surface area contributed by atoms with Gasteiger partial charge in [-0.3, -0.25) is 4.79 Å². The fraction of sp³-hybridized carbons (Fsp3) is 0.500. The van der Waals surface area contributed by atoms with Crippen LogP contribution in [0.1, 0.15) is 57.6 Å². The number of nitrogens with one attached hydrogen (secondary N) is 1. The van der Waals surface area contributed by atoms with Gasteiger partial charge in [0, 0.05) is 12.2 Å². The Hall–Kier alpha value is -2.53. The Morgan fingerprint density at radius 3 is 2.55 bits per heavy atom. The summed E-state index contributed by atoms with van der Waals surface area (Å²) in [6, 6.07) is 15.2. The summed E-state index contributed by atoms with van der Waals surface area (Å²) < 4.78 is 5.77. The summed E-state index contributed by atoms with van der Waals surface area (Å²) in [4.78, 5) is 13.8. The molecule has 1 fully saturated rings. The first-order chi connectivity index (χ1) is 14.9. The van der Waals surface area contributed by atoms with E-state index in [0.717, 1.165) is 48.6 Å². The maximum Gasteiger partial charge on any atom is 0.303 e. The molecule has 168 valence electrons. The molecule has 0 amide bonds. The lowest BCUT2D eigenvalue weighted by Crippen LogP contribution is -2.48. The number of hydrogen-bond donors (Lipinski definition) is 2. The highest BCUT2D eigenvalue weighted by Crippen LogP contribution is 2.36. The number of hydrogen-bond acceptors (Lipinski definition) is 4. The number of benzene rings is 2. The first-order valence-corrected chi connectivity index (χ1v) is 11.5. The van der Waals surface area contributed by atoms with Gasteiger partial charge in [-0.25, -0.2) is 0 Å². The summed E-state index contributed by atoms with van der Waals surface area (Å²) in [6.07, 6.45) is 1.95. The molecule has 5 heteroatoms. The Morgan fingerprint density at radius 1 is 1.19 bits per heavy atom. The molecule has 0 bridgehead atoms. The summed E-state index contributed by atoms with van der Waals surface area (Å²) in [6.45, 7) is 11.0. The van der Waals surface area contributed by atoms with Crippen molar-refractivity contribution in [3.63, 3.8) is 0 Å². The second kappa shape index (κ2) is 10.7. The minimum absolute atomic E-state index is 0.000141. The van der Waals surface area contributed by atoms with Gasteiger partial charge in [-0.05, 0) is 60.1 Å². The van der Waals surface area contributed by atoms with Crippen LogP contribution in [-0.2, 0) is 16.0 Å². The van der Waals surface area contributed by atoms with Crippen molar-refractivity contribution in [2.45, 2.75) is 58.9 Å². The van der Waals surface area contributed by atoms with Crippen molar-refractivity contribution >= 4 is 23.0 Å². The maximum atomic E-state index is 11.4. The van der Waals surface area contributed by atoms with E-state index in [1.165, 1.54) is 5.56 Å². The van der Waals surface area contributed by atoms with E-state index in [1.54, 1.807) is 0 Å².